The molecule has 0 aliphatic rings. The minimum Gasteiger partial charge on any atom is -0.496 e. The summed E-state index contributed by atoms with van der Waals surface area (Å²) in [4.78, 5) is 0. The van der Waals surface area contributed by atoms with E-state index in [1.807, 2.05) is 0 Å². The quantitative estimate of drug-likeness (QED) is 0.867. The number of hydrogen-bond donors (Lipinski definition) is 0. The van der Waals surface area contributed by atoms with Crippen molar-refractivity contribution in [2.75, 3.05) is 21.3 Å². The van der Waals surface area contributed by atoms with E-state index >= 15 is 0 Å². The standard InChI is InChI=1S/C16H13F2NO3/c1-20-10-6-14(21-2)16(15(7-10)22-3)9-4-12(17)11(8-19)13(18)5-9/h4-7H,1-3H3. The maximum atomic E-state index is 13.8. The molecule has 2 aromatic rings. The lowest BCUT2D eigenvalue weighted by molar-refractivity contribution is 0.377. The highest BCUT2D eigenvalue weighted by Gasteiger charge is 2.19. The van der Waals surface area contributed by atoms with Crippen LogP contribution in [0.3, 0.4) is 0 Å². The first kappa shape index (κ1) is 15.6. The van der Waals surface area contributed by atoms with Crippen LogP contribution in [0.15, 0.2) is 24.3 Å². The smallest absolute Gasteiger partial charge is 0.144 e. The van der Waals surface area contributed by atoms with Crippen molar-refractivity contribution in [3.63, 3.8) is 0 Å². The van der Waals surface area contributed by atoms with E-state index in [1.165, 1.54) is 27.4 Å². The van der Waals surface area contributed by atoms with Crippen LogP contribution < -0.4 is 14.2 Å². The predicted molar refractivity (Wildman–Crippen MR) is 76.2 cm³/mol. The summed E-state index contributed by atoms with van der Waals surface area (Å²) in [5, 5.41) is 8.73. The number of benzene rings is 2. The van der Waals surface area contributed by atoms with Crippen LogP contribution in [0, 0.1) is 23.0 Å². The SMILES string of the molecule is COc1cc(OC)c(-c2cc(F)c(C#N)c(F)c2)c(OC)c1. The molecule has 0 atom stereocenters. The predicted octanol–water partition coefficient (Wildman–Crippen LogP) is 3.53. The Kier molecular flexibility index (Phi) is 4.47. The summed E-state index contributed by atoms with van der Waals surface area (Å²) >= 11 is 0. The fraction of sp³-hybridized carbons (Fsp3) is 0.188. The van der Waals surface area contributed by atoms with E-state index in [4.69, 9.17) is 19.5 Å². The van der Waals surface area contributed by atoms with E-state index in [0.717, 1.165) is 12.1 Å². The lowest BCUT2D eigenvalue weighted by Gasteiger charge is -2.15. The molecule has 0 spiro atoms. The molecule has 0 aromatic heterocycles. The van der Waals surface area contributed by atoms with Gasteiger partial charge in [0.1, 0.15) is 40.5 Å². The molecule has 4 nitrogen and oxygen atoms in total. The summed E-state index contributed by atoms with van der Waals surface area (Å²) in [5.74, 6) is -0.749. The Morgan fingerprint density at radius 1 is 0.864 bits per heavy atom. The number of halogens is 2. The second kappa shape index (κ2) is 6.31. The highest BCUT2D eigenvalue weighted by atomic mass is 19.1. The summed E-state index contributed by atoms with van der Waals surface area (Å²) in [6.07, 6.45) is 0. The maximum absolute atomic E-state index is 13.8. The van der Waals surface area contributed by atoms with Crippen molar-refractivity contribution < 1.29 is 23.0 Å². The Morgan fingerprint density at radius 3 is 1.73 bits per heavy atom. The second-order valence-corrected chi connectivity index (χ2v) is 4.33. The van der Waals surface area contributed by atoms with Gasteiger partial charge in [0.15, 0.2) is 0 Å². The van der Waals surface area contributed by atoms with Gasteiger partial charge in [-0.1, -0.05) is 0 Å². The molecule has 2 rings (SSSR count). The van der Waals surface area contributed by atoms with Crippen LogP contribution >= 0.6 is 0 Å². The van der Waals surface area contributed by atoms with Crippen molar-refractivity contribution in [3.8, 4) is 34.4 Å². The van der Waals surface area contributed by atoms with Crippen molar-refractivity contribution in [1.29, 1.82) is 5.26 Å². The minimum atomic E-state index is -0.947. The van der Waals surface area contributed by atoms with Gasteiger partial charge in [-0.3, -0.25) is 0 Å². The Morgan fingerprint density at radius 2 is 1.36 bits per heavy atom. The second-order valence-electron chi connectivity index (χ2n) is 4.33. The van der Waals surface area contributed by atoms with E-state index < -0.39 is 17.2 Å². The molecule has 0 saturated heterocycles. The zero-order chi connectivity index (χ0) is 16.3. The van der Waals surface area contributed by atoms with Crippen molar-refractivity contribution in [2.45, 2.75) is 0 Å². The lowest BCUT2D eigenvalue weighted by Crippen LogP contribution is -1.97. The molecular formula is C16H13F2NO3. The fourth-order valence-electron chi connectivity index (χ4n) is 2.11. The van der Waals surface area contributed by atoms with Crippen molar-refractivity contribution >= 4 is 0 Å². The molecule has 2 aromatic carbocycles. The third-order valence-electron chi connectivity index (χ3n) is 3.16. The molecular weight excluding hydrogens is 292 g/mol. The van der Waals surface area contributed by atoms with Gasteiger partial charge in [-0.2, -0.15) is 5.26 Å². The molecule has 0 aliphatic heterocycles. The van der Waals surface area contributed by atoms with Crippen LogP contribution in [-0.4, -0.2) is 21.3 Å². The van der Waals surface area contributed by atoms with Crippen LogP contribution in [0.4, 0.5) is 8.78 Å². The van der Waals surface area contributed by atoms with Gasteiger partial charge in [-0.15, -0.1) is 0 Å². The van der Waals surface area contributed by atoms with Crippen LogP contribution in [-0.2, 0) is 0 Å². The minimum absolute atomic E-state index is 0.199. The van der Waals surface area contributed by atoms with Crippen LogP contribution in [0.2, 0.25) is 0 Å². The van der Waals surface area contributed by atoms with E-state index in [0.29, 0.717) is 22.8 Å². The highest BCUT2D eigenvalue weighted by Crippen LogP contribution is 2.42. The van der Waals surface area contributed by atoms with Gasteiger partial charge < -0.3 is 14.2 Å². The molecule has 6 heteroatoms. The monoisotopic (exact) mass is 305 g/mol. The number of hydrogen-bond acceptors (Lipinski definition) is 4. The number of rotatable bonds is 4. The zero-order valence-electron chi connectivity index (χ0n) is 12.2. The Bertz CT molecular complexity index is 706. The van der Waals surface area contributed by atoms with Gasteiger partial charge in [0.05, 0.1) is 26.9 Å². The molecule has 22 heavy (non-hydrogen) atoms. The number of ether oxygens (including phenoxy) is 3. The summed E-state index contributed by atoms with van der Waals surface area (Å²) in [7, 11) is 4.33. The summed E-state index contributed by atoms with van der Waals surface area (Å²) in [5.41, 5.74) is -0.0614. The van der Waals surface area contributed by atoms with E-state index in [9.17, 15) is 8.78 Å². The summed E-state index contributed by atoms with van der Waals surface area (Å²) < 4.78 is 43.3. The number of nitriles is 1. The van der Waals surface area contributed by atoms with Crippen molar-refractivity contribution in [1.82, 2.24) is 0 Å². The molecule has 114 valence electrons. The van der Waals surface area contributed by atoms with E-state index in [1.54, 1.807) is 12.1 Å². The van der Waals surface area contributed by atoms with Gasteiger partial charge in [0, 0.05) is 12.1 Å². The molecule has 0 radical (unpaired) electrons. The molecule has 0 heterocycles. The molecule has 0 aliphatic carbocycles. The summed E-state index contributed by atoms with van der Waals surface area (Å²) in [6.45, 7) is 0. The molecule has 0 saturated carbocycles. The molecule has 0 unspecified atom stereocenters. The first-order chi connectivity index (χ1) is 10.5. The Hall–Kier alpha value is -2.81. The highest BCUT2D eigenvalue weighted by molar-refractivity contribution is 5.78. The third kappa shape index (κ3) is 2.66. The number of nitrogens with zero attached hydrogens (tertiary/aromatic N) is 1. The first-order valence-corrected chi connectivity index (χ1v) is 6.25. The topological polar surface area (TPSA) is 51.5 Å². The van der Waals surface area contributed by atoms with Gasteiger partial charge in [0.2, 0.25) is 0 Å². The van der Waals surface area contributed by atoms with Gasteiger partial charge in [-0.25, -0.2) is 8.78 Å². The van der Waals surface area contributed by atoms with Crippen LogP contribution in [0.5, 0.6) is 17.2 Å². The normalized spacial score (nSPS) is 10.0. The van der Waals surface area contributed by atoms with Crippen LogP contribution in [0.1, 0.15) is 5.56 Å². The molecule has 0 fully saturated rings. The lowest BCUT2D eigenvalue weighted by atomic mass is 10.0. The van der Waals surface area contributed by atoms with E-state index in [2.05, 4.69) is 0 Å². The largest absolute Gasteiger partial charge is 0.496 e. The first-order valence-electron chi connectivity index (χ1n) is 6.25. The van der Waals surface area contributed by atoms with Crippen molar-refractivity contribution in [2.24, 2.45) is 0 Å². The third-order valence-corrected chi connectivity index (χ3v) is 3.16. The summed E-state index contributed by atoms with van der Waals surface area (Å²) in [6, 6.07) is 6.76. The maximum Gasteiger partial charge on any atom is 0.144 e. The zero-order valence-corrected chi connectivity index (χ0v) is 12.2. The average molecular weight is 305 g/mol. The Labute approximate surface area is 126 Å². The van der Waals surface area contributed by atoms with Gasteiger partial charge >= 0.3 is 0 Å². The fourth-order valence-corrected chi connectivity index (χ4v) is 2.11. The molecule has 0 amide bonds. The van der Waals surface area contributed by atoms with Gasteiger partial charge in [0.25, 0.3) is 0 Å². The van der Waals surface area contributed by atoms with Crippen LogP contribution in [0.25, 0.3) is 11.1 Å². The average Bonchev–Trinajstić information content (AvgIpc) is 2.52. The Balaban J connectivity index is 2.74. The molecule has 0 bridgehead atoms. The van der Waals surface area contributed by atoms with E-state index in [-0.39, 0.29) is 5.56 Å². The van der Waals surface area contributed by atoms with Gasteiger partial charge in [-0.05, 0) is 17.7 Å². The molecule has 0 N–H and O–H groups in total. The number of methoxy groups -OCH3 is 3. The van der Waals surface area contributed by atoms with Crippen molar-refractivity contribution in [3.05, 3.63) is 41.5 Å².